The van der Waals surface area contributed by atoms with Crippen LogP contribution in [-0.2, 0) is 0 Å². The van der Waals surface area contributed by atoms with Crippen molar-refractivity contribution in [1.82, 2.24) is 0 Å². The molecular weight excluding hydrogens is 220 g/mol. The third-order valence-electron chi connectivity index (χ3n) is 3.36. The number of nitrogens with zero attached hydrogens (tertiary/aromatic N) is 1. The molecule has 1 saturated heterocycles. The first-order valence-corrected chi connectivity index (χ1v) is 5.88. The number of hydrogen-bond acceptors (Lipinski definition) is 1. The van der Waals surface area contributed by atoms with E-state index >= 15 is 0 Å². The first kappa shape index (κ1) is 12.1. The number of piperidine rings is 1. The van der Waals surface area contributed by atoms with Crippen LogP contribution in [0.5, 0.6) is 0 Å². The van der Waals surface area contributed by atoms with Crippen LogP contribution in [0.2, 0.25) is 0 Å². The Morgan fingerprint density at radius 2 is 2.00 bits per heavy atom. The maximum Gasteiger partial charge on any atom is 0.147 e. The number of para-hydroxylation sites is 1. The Balaban J connectivity index is 2.26. The molecule has 0 aromatic heterocycles. The predicted octanol–water partition coefficient (Wildman–Crippen LogP) is 3.80. The lowest BCUT2D eigenvalue weighted by Gasteiger charge is -2.36. The van der Waals surface area contributed by atoms with Gasteiger partial charge in [-0.25, -0.2) is 8.78 Å². The monoisotopic (exact) mass is 237 g/mol. The van der Waals surface area contributed by atoms with Crippen LogP contribution < -0.4 is 4.90 Å². The van der Waals surface area contributed by atoms with Crippen molar-refractivity contribution in [1.29, 1.82) is 0 Å². The summed E-state index contributed by atoms with van der Waals surface area (Å²) in [7, 11) is 0. The van der Waals surface area contributed by atoms with E-state index in [4.69, 9.17) is 0 Å². The average Bonchev–Trinajstić information content (AvgIpc) is 2.29. The summed E-state index contributed by atoms with van der Waals surface area (Å²) in [4.78, 5) is 1.91. The Morgan fingerprint density at radius 1 is 1.35 bits per heavy atom. The van der Waals surface area contributed by atoms with Crippen molar-refractivity contribution in [2.24, 2.45) is 0 Å². The maximum atomic E-state index is 13.8. The van der Waals surface area contributed by atoms with Gasteiger partial charge in [-0.2, -0.15) is 0 Å². The average molecular weight is 237 g/mol. The third-order valence-corrected chi connectivity index (χ3v) is 3.36. The summed E-state index contributed by atoms with van der Waals surface area (Å²) in [5.41, 5.74) is 0.210. The van der Waals surface area contributed by atoms with E-state index < -0.39 is 5.67 Å². The van der Waals surface area contributed by atoms with Crippen LogP contribution in [-0.4, -0.2) is 18.8 Å². The van der Waals surface area contributed by atoms with Gasteiger partial charge in [0.2, 0.25) is 0 Å². The van der Waals surface area contributed by atoms with Gasteiger partial charge in [-0.05, 0) is 25.8 Å². The van der Waals surface area contributed by atoms with E-state index in [2.05, 4.69) is 6.58 Å². The van der Waals surface area contributed by atoms with Crippen LogP contribution in [0.4, 0.5) is 14.5 Å². The van der Waals surface area contributed by atoms with E-state index in [1.807, 2.05) is 11.0 Å². The molecule has 0 N–H and O–H groups in total. The van der Waals surface area contributed by atoms with Crippen molar-refractivity contribution >= 4 is 11.8 Å². The van der Waals surface area contributed by atoms with Gasteiger partial charge in [-0.3, -0.25) is 0 Å². The van der Waals surface area contributed by atoms with E-state index in [9.17, 15) is 8.78 Å². The molecule has 1 aliphatic rings. The van der Waals surface area contributed by atoms with E-state index in [1.54, 1.807) is 19.1 Å². The highest BCUT2D eigenvalue weighted by atomic mass is 19.1. The number of hydrogen-bond donors (Lipinski definition) is 0. The largest absolute Gasteiger partial charge is 0.368 e. The number of alkyl halides is 1. The zero-order chi connectivity index (χ0) is 12.5. The molecule has 1 heterocycles. The number of rotatable bonds is 2. The molecule has 2 rings (SSSR count). The lowest BCUT2D eigenvalue weighted by molar-refractivity contribution is 0.149. The van der Waals surface area contributed by atoms with Gasteiger partial charge in [0.05, 0.1) is 5.69 Å². The Labute approximate surface area is 101 Å². The van der Waals surface area contributed by atoms with Crippen molar-refractivity contribution in [3.05, 3.63) is 36.2 Å². The maximum absolute atomic E-state index is 13.8. The first-order valence-electron chi connectivity index (χ1n) is 5.88. The highest BCUT2D eigenvalue weighted by molar-refractivity contribution is 5.67. The Hall–Kier alpha value is -1.38. The van der Waals surface area contributed by atoms with E-state index in [1.165, 1.54) is 6.07 Å². The quantitative estimate of drug-likeness (QED) is 0.756. The van der Waals surface area contributed by atoms with Gasteiger partial charge in [0.25, 0.3) is 0 Å². The molecule has 1 aromatic rings. The minimum absolute atomic E-state index is 0.259. The predicted molar refractivity (Wildman–Crippen MR) is 67.5 cm³/mol. The van der Waals surface area contributed by atoms with Crippen LogP contribution in [0, 0.1) is 5.82 Å². The summed E-state index contributed by atoms with van der Waals surface area (Å²) >= 11 is 0. The fourth-order valence-electron chi connectivity index (χ4n) is 2.23. The van der Waals surface area contributed by atoms with Crippen molar-refractivity contribution < 1.29 is 8.78 Å². The summed E-state index contributed by atoms with van der Waals surface area (Å²) in [5.74, 6) is -0.259. The minimum atomic E-state index is -1.11. The topological polar surface area (TPSA) is 3.24 Å². The van der Waals surface area contributed by atoms with Crippen molar-refractivity contribution in [3.63, 3.8) is 0 Å². The van der Waals surface area contributed by atoms with Crippen molar-refractivity contribution in [2.75, 3.05) is 18.0 Å². The Kier molecular flexibility index (Phi) is 3.18. The molecule has 1 nitrogen and oxygen atoms in total. The molecule has 92 valence electrons. The second kappa shape index (κ2) is 4.47. The summed E-state index contributed by atoms with van der Waals surface area (Å²) in [6, 6.07) is 4.93. The standard InChI is InChI=1S/C14H17F2N/c1-3-11-5-4-6-12(15)13(11)17-9-7-14(2,16)8-10-17/h3-6H,1,7-10H2,2H3. The summed E-state index contributed by atoms with van der Waals surface area (Å²) in [6.07, 6.45) is 2.53. The van der Waals surface area contributed by atoms with E-state index in [-0.39, 0.29) is 5.82 Å². The molecule has 0 aliphatic carbocycles. The van der Waals surface area contributed by atoms with Gasteiger partial charge in [-0.1, -0.05) is 24.8 Å². The molecule has 3 heteroatoms. The van der Waals surface area contributed by atoms with Crippen LogP contribution in [0.25, 0.3) is 6.08 Å². The molecule has 0 unspecified atom stereocenters. The molecule has 1 aromatic carbocycles. The van der Waals surface area contributed by atoms with Crippen molar-refractivity contribution in [3.8, 4) is 0 Å². The van der Waals surface area contributed by atoms with Crippen LogP contribution in [0.1, 0.15) is 25.3 Å². The summed E-state index contributed by atoms with van der Waals surface area (Å²) in [5, 5.41) is 0. The van der Waals surface area contributed by atoms with Gasteiger partial charge < -0.3 is 4.90 Å². The summed E-state index contributed by atoms with van der Waals surface area (Å²) < 4.78 is 27.5. The zero-order valence-electron chi connectivity index (χ0n) is 10.0. The molecule has 0 spiro atoms. The highest BCUT2D eigenvalue weighted by Gasteiger charge is 2.30. The lowest BCUT2D eigenvalue weighted by atomic mass is 9.95. The Morgan fingerprint density at radius 3 is 2.59 bits per heavy atom. The van der Waals surface area contributed by atoms with Crippen LogP contribution >= 0.6 is 0 Å². The molecule has 17 heavy (non-hydrogen) atoms. The second-order valence-corrected chi connectivity index (χ2v) is 4.78. The van der Waals surface area contributed by atoms with Gasteiger partial charge in [0.15, 0.2) is 0 Å². The summed E-state index contributed by atoms with van der Waals surface area (Å²) in [6.45, 7) is 6.40. The molecule has 0 radical (unpaired) electrons. The lowest BCUT2D eigenvalue weighted by Crippen LogP contribution is -2.40. The van der Waals surface area contributed by atoms with E-state index in [0.29, 0.717) is 31.6 Å². The fourth-order valence-corrected chi connectivity index (χ4v) is 2.23. The molecule has 1 aliphatic heterocycles. The normalized spacial score (nSPS) is 19.1. The minimum Gasteiger partial charge on any atom is -0.368 e. The van der Waals surface area contributed by atoms with Gasteiger partial charge in [0, 0.05) is 18.7 Å². The number of benzene rings is 1. The highest BCUT2D eigenvalue weighted by Crippen LogP contribution is 2.32. The first-order chi connectivity index (χ1) is 8.03. The van der Waals surface area contributed by atoms with Crippen LogP contribution in [0.3, 0.4) is 0 Å². The van der Waals surface area contributed by atoms with E-state index in [0.717, 1.165) is 5.56 Å². The smallest absolute Gasteiger partial charge is 0.147 e. The molecular formula is C14H17F2N. The number of anilines is 1. The van der Waals surface area contributed by atoms with Crippen molar-refractivity contribution in [2.45, 2.75) is 25.4 Å². The second-order valence-electron chi connectivity index (χ2n) is 4.78. The molecule has 0 bridgehead atoms. The molecule has 0 saturated carbocycles. The fraction of sp³-hybridized carbons (Fsp3) is 0.429. The molecule has 1 fully saturated rings. The molecule has 0 atom stereocenters. The van der Waals surface area contributed by atoms with Crippen LogP contribution in [0.15, 0.2) is 24.8 Å². The zero-order valence-corrected chi connectivity index (χ0v) is 10.0. The number of halogens is 2. The van der Waals surface area contributed by atoms with Gasteiger partial charge in [-0.15, -0.1) is 0 Å². The third kappa shape index (κ3) is 2.48. The van der Waals surface area contributed by atoms with Gasteiger partial charge >= 0.3 is 0 Å². The SMILES string of the molecule is C=Cc1cccc(F)c1N1CCC(C)(F)CC1. The van der Waals surface area contributed by atoms with Gasteiger partial charge in [0.1, 0.15) is 11.5 Å². The Bertz CT molecular complexity index is 416. The molecule has 0 amide bonds.